The van der Waals surface area contributed by atoms with E-state index in [0.29, 0.717) is 19.5 Å². The number of furan rings is 1. The van der Waals surface area contributed by atoms with Crippen molar-refractivity contribution < 1.29 is 32.7 Å². The zero-order valence-corrected chi connectivity index (χ0v) is 22.8. The number of hydrogen-bond acceptors (Lipinski definition) is 7. The third-order valence-corrected chi connectivity index (χ3v) is 11.3. The third-order valence-electron chi connectivity index (χ3n) is 10.5. The Bertz CT molecular complexity index is 1200. The van der Waals surface area contributed by atoms with Crippen molar-refractivity contribution in [3.63, 3.8) is 0 Å². The number of hydroxylamine groups is 2. The first kappa shape index (κ1) is 26.4. The molecule has 0 amide bonds. The first-order chi connectivity index (χ1) is 18.0. The van der Waals surface area contributed by atoms with Gasteiger partial charge in [-0.15, -0.1) is 0 Å². The number of nitrogens with zero attached hydrogens (tertiary/aromatic N) is 1. The molecule has 1 aromatic rings. The van der Waals surface area contributed by atoms with Gasteiger partial charge in [0.05, 0.1) is 30.9 Å². The fourth-order valence-corrected chi connectivity index (χ4v) is 9.41. The first-order valence-electron chi connectivity index (χ1n) is 13.5. The standard InChI is InChI=1S/C29H35F2NO5S/c1-4-38-16-25(35)29-18(14-32(37-29)13-17-6-8-36-15-17)9-20-21-11-23(30)22-10-19(33)5-7-26(22,2)28(21,31)24(34)12-27(20,29)3/h5-8,10,15,18,20-21,23-24,34H,4,9,11-14,16H2,1-3H3/t18-,20-,21-,23-,24-,26-,27-,28-,29-/m0/s1. The average Bonchev–Trinajstić information content (AvgIpc) is 3.57. The second-order valence-electron chi connectivity index (χ2n) is 12.1. The van der Waals surface area contributed by atoms with E-state index in [2.05, 4.69) is 0 Å². The fraction of sp³-hybridized carbons (Fsp3) is 0.655. The summed E-state index contributed by atoms with van der Waals surface area (Å²) < 4.78 is 38.5. The number of ketones is 2. The lowest BCUT2D eigenvalue weighted by molar-refractivity contribution is -0.268. The van der Waals surface area contributed by atoms with Gasteiger partial charge in [0.25, 0.3) is 0 Å². The van der Waals surface area contributed by atoms with Crippen molar-refractivity contribution in [2.75, 3.05) is 18.1 Å². The number of fused-ring (bicyclic) bond motifs is 7. The van der Waals surface area contributed by atoms with E-state index < -0.39 is 40.3 Å². The second kappa shape index (κ2) is 8.85. The summed E-state index contributed by atoms with van der Waals surface area (Å²) in [6.45, 7) is 6.46. The molecule has 1 saturated heterocycles. The summed E-state index contributed by atoms with van der Waals surface area (Å²) in [6.07, 6.45) is 4.61. The molecule has 6 nitrogen and oxygen atoms in total. The predicted molar refractivity (Wildman–Crippen MR) is 138 cm³/mol. The number of aliphatic hydroxyl groups is 1. The number of alkyl halides is 2. The van der Waals surface area contributed by atoms with Gasteiger partial charge in [-0.1, -0.05) is 19.9 Å². The molecule has 1 aliphatic heterocycles. The van der Waals surface area contributed by atoms with E-state index in [9.17, 15) is 14.7 Å². The van der Waals surface area contributed by atoms with Gasteiger partial charge in [0.15, 0.2) is 22.8 Å². The van der Waals surface area contributed by atoms with Crippen LogP contribution in [0.2, 0.25) is 0 Å². The van der Waals surface area contributed by atoms with E-state index in [4.69, 9.17) is 9.25 Å². The smallest absolute Gasteiger partial charge is 0.178 e. The van der Waals surface area contributed by atoms with Crippen LogP contribution in [0.5, 0.6) is 0 Å². The van der Waals surface area contributed by atoms with E-state index in [1.165, 1.54) is 30.0 Å². The highest BCUT2D eigenvalue weighted by atomic mass is 32.2. The van der Waals surface area contributed by atoms with Crippen LogP contribution in [0.3, 0.4) is 0 Å². The molecule has 4 aliphatic carbocycles. The predicted octanol–water partition coefficient (Wildman–Crippen LogP) is 4.63. The molecule has 0 unspecified atom stereocenters. The van der Waals surface area contributed by atoms with E-state index in [0.717, 1.165) is 11.3 Å². The largest absolute Gasteiger partial charge is 0.472 e. The minimum Gasteiger partial charge on any atom is -0.472 e. The van der Waals surface area contributed by atoms with Gasteiger partial charge >= 0.3 is 0 Å². The number of carbonyl (C=O) groups is 2. The van der Waals surface area contributed by atoms with Gasteiger partial charge in [0, 0.05) is 34.8 Å². The molecule has 9 heteroatoms. The Hall–Kier alpha value is -1.81. The quantitative estimate of drug-likeness (QED) is 0.556. The van der Waals surface area contributed by atoms with Crippen molar-refractivity contribution in [2.45, 2.75) is 70.1 Å². The monoisotopic (exact) mass is 547 g/mol. The molecular weight excluding hydrogens is 512 g/mol. The van der Waals surface area contributed by atoms with Crippen LogP contribution in [0.4, 0.5) is 8.78 Å². The highest BCUT2D eigenvalue weighted by Crippen LogP contribution is 2.72. The van der Waals surface area contributed by atoms with E-state index in [-0.39, 0.29) is 47.6 Å². The molecule has 0 aromatic carbocycles. The van der Waals surface area contributed by atoms with Crippen LogP contribution in [-0.2, 0) is 21.0 Å². The lowest BCUT2D eigenvalue weighted by atomic mass is 9.44. The molecule has 4 fully saturated rings. The van der Waals surface area contributed by atoms with E-state index in [1.54, 1.807) is 24.5 Å². The van der Waals surface area contributed by atoms with Crippen molar-refractivity contribution in [2.24, 2.45) is 28.6 Å². The maximum atomic E-state index is 17.5. The molecule has 5 aliphatic rings. The Balaban J connectivity index is 1.41. The number of rotatable bonds is 6. The van der Waals surface area contributed by atoms with Gasteiger partial charge in [-0.2, -0.15) is 16.8 Å². The lowest BCUT2D eigenvalue weighted by Crippen LogP contribution is -2.70. The number of Topliss-reactive ketones (excluding diaryl/α,β-unsaturated/α-hetero) is 1. The zero-order chi connectivity index (χ0) is 27.1. The SMILES string of the molecule is CCSCC(=O)[C@@]12ON(Cc3ccoc3)C[C@@H]1C[C@H]1[C@@H]3C[C@H](F)C4=CC(=O)C=C[C@]4(C)[C@@]3(F)[C@@H](O)C[C@@]12C. The number of halogens is 2. The maximum absolute atomic E-state index is 17.5. The van der Waals surface area contributed by atoms with Gasteiger partial charge < -0.3 is 9.52 Å². The molecule has 9 atom stereocenters. The summed E-state index contributed by atoms with van der Waals surface area (Å²) in [4.78, 5) is 32.8. The molecule has 0 spiro atoms. The summed E-state index contributed by atoms with van der Waals surface area (Å²) in [5.74, 6) is -0.784. The molecule has 3 saturated carbocycles. The zero-order valence-electron chi connectivity index (χ0n) is 22.0. The summed E-state index contributed by atoms with van der Waals surface area (Å²) in [5.41, 5.74) is -4.70. The average molecular weight is 548 g/mol. The van der Waals surface area contributed by atoms with Crippen molar-refractivity contribution in [1.82, 2.24) is 5.06 Å². The van der Waals surface area contributed by atoms with Gasteiger partial charge in [-0.3, -0.25) is 14.4 Å². The normalized spacial score (nSPS) is 45.8. The molecule has 0 bridgehead atoms. The maximum Gasteiger partial charge on any atom is 0.178 e. The molecule has 0 radical (unpaired) electrons. The Morgan fingerprint density at radius 3 is 2.79 bits per heavy atom. The Morgan fingerprint density at radius 1 is 1.29 bits per heavy atom. The molecule has 38 heavy (non-hydrogen) atoms. The number of carbonyl (C=O) groups excluding carboxylic acids is 2. The van der Waals surface area contributed by atoms with Crippen LogP contribution in [-0.4, -0.2) is 63.3 Å². The van der Waals surface area contributed by atoms with Gasteiger partial charge in [0.1, 0.15) is 6.17 Å². The molecule has 6 rings (SSSR count). The van der Waals surface area contributed by atoms with E-state index in [1.807, 2.05) is 19.9 Å². The van der Waals surface area contributed by atoms with Crippen LogP contribution >= 0.6 is 11.8 Å². The van der Waals surface area contributed by atoms with Gasteiger partial charge in [-0.25, -0.2) is 8.78 Å². The summed E-state index contributed by atoms with van der Waals surface area (Å²) in [6, 6.07) is 1.85. The number of hydrogen-bond donors (Lipinski definition) is 1. The number of aliphatic hydroxyl groups excluding tert-OH is 1. The van der Waals surface area contributed by atoms with Crippen LogP contribution in [0, 0.1) is 28.6 Å². The number of allylic oxidation sites excluding steroid dienone is 4. The lowest BCUT2D eigenvalue weighted by Gasteiger charge is -2.63. The molecule has 206 valence electrons. The van der Waals surface area contributed by atoms with Crippen LogP contribution in [0.1, 0.15) is 45.6 Å². The highest BCUT2D eigenvalue weighted by molar-refractivity contribution is 7.99. The first-order valence-corrected chi connectivity index (χ1v) is 14.7. The van der Waals surface area contributed by atoms with Crippen molar-refractivity contribution in [3.8, 4) is 0 Å². The molecule has 1 aromatic heterocycles. The van der Waals surface area contributed by atoms with Crippen LogP contribution < -0.4 is 0 Å². The highest BCUT2D eigenvalue weighted by Gasteiger charge is 2.79. The van der Waals surface area contributed by atoms with Crippen LogP contribution in [0.25, 0.3) is 0 Å². The van der Waals surface area contributed by atoms with Crippen molar-refractivity contribution >= 4 is 23.3 Å². The fourth-order valence-electron chi connectivity index (χ4n) is 8.80. The van der Waals surface area contributed by atoms with E-state index >= 15 is 8.78 Å². The van der Waals surface area contributed by atoms with Gasteiger partial charge in [-0.05, 0) is 61.6 Å². The topological polar surface area (TPSA) is 80.0 Å². The molecule has 2 heterocycles. The van der Waals surface area contributed by atoms with Crippen molar-refractivity contribution in [1.29, 1.82) is 0 Å². The summed E-state index contributed by atoms with van der Waals surface area (Å²) in [7, 11) is 0. The third kappa shape index (κ3) is 3.28. The summed E-state index contributed by atoms with van der Waals surface area (Å²) in [5, 5.41) is 13.5. The van der Waals surface area contributed by atoms with Gasteiger partial charge in [0.2, 0.25) is 0 Å². The molecule has 1 N–H and O–H groups in total. The Kier molecular flexibility index (Phi) is 6.15. The second-order valence-corrected chi connectivity index (χ2v) is 13.4. The van der Waals surface area contributed by atoms with Crippen molar-refractivity contribution in [3.05, 3.63) is 48.0 Å². The Morgan fingerprint density at radius 2 is 2.08 bits per heavy atom. The Labute approximate surface area is 225 Å². The molecular formula is C29H35F2NO5S. The number of thioether (sulfide) groups is 1. The minimum absolute atomic E-state index is 0.0187. The van der Waals surface area contributed by atoms with Crippen LogP contribution in [0.15, 0.2) is 46.8 Å². The summed E-state index contributed by atoms with van der Waals surface area (Å²) >= 11 is 1.52. The minimum atomic E-state index is -2.17.